The molecule has 0 bridgehead atoms. The molecule has 0 radical (unpaired) electrons. The molecule has 17 heavy (non-hydrogen) atoms. The van der Waals surface area contributed by atoms with Gasteiger partial charge in [0.15, 0.2) is 0 Å². The van der Waals surface area contributed by atoms with Gasteiger partial charge in [0.25, 0.3) is 0 Å². The van der Waals surface area contributed by atoms with Crippen LogP contribution in [0.2, 0.25) is 0 Å². The molecule has 3 N–H and O–H groups in total. The van der Waals surface area contributed by atoms with Gasteiger partial charge in [-0.3, -0.25) is 0 Å². The van der Waals surface area contributed by atoms with Crippen molar-refractivity contribution in [3.8, 4) is 5.75 Å². The second-order valence-corrected chi connectivity index (χ2v) is 4.45. The highest BCUT2D eigenvalue weighted by atomic mass is 32.1. The highest BCUT2D eigenvalue weighted by molar-refractivity contribution is 7.10. The average molecular weight is 249 g/mol. The predicted octanol–water partition coefficient (Wildman–Crippen LogP) is 2.39. The molecule has 1 aromatic carbocycles. The van der Waals surface area contributed by atoms with Crippen LogP contribution in [-0.4, -0.2) is 18.0 Å². The molecule has 0 fully saturated rings. The van der Waals surface area contributed by atoms with E-state index in [2.05, 4.69) is 15.8 Å². The standard InChI is InChI=1S/C12H15N3OS/c1-16-10-4-2-3-9(7-10)5-6-14-12-8-11(13)15-17-12/h2-4,7-8,14H,5-6H2,1H3,(H2,13,15). The monoisotopic (exact) mass is 249 g/mol. The molecule has 0 aliphatic rings. The topological polar surface area (TPSA) is 60.2 Å². The molecule has 0 unspecified atom stereocenters. The maximum Gasteiger partial charge on any atom is 0.139 e. The number of nitrogens with two attached hydrogens (primary N) is 1. The summed E-state index contributed by atoms with van der Waals surface area (Å²) in [6, 6.07) is 9.92. The summed E-state index contributed by atoms with van der Waals surface area (Å²) >= 11 is 1.38. The van der Waals surface area contributed by atoms with Gasteiger partial charge in [0.05, 0.1) is 7.11 Å². The first-order valence-corrected chi connectivity index (χ1v) is 6.14. The van der Waals surface area contributed by atoms with Gasteiger partial charge in [-0.1, -0.05) is 12.1 Å². The Morgan fingerprint density at radius 1 is 1.41 bits per heavy atom. The Balaban J connectivity index is 1.85. The number of methoxy groups -OCH3 is 1. The lowest BCUT2D eigenvalue weighted by atomic mass is 10.1. The smallest absolute Gasteiger partial charge is 0.139 e. The molecule has 2 aromatic rings. The van der Waals surface area contributed by atoms with Gasteiger partial charge in [-0.2, -0.15) is 4.37 Å². The second kappa shape index (κ2) is 5.54. The number of aromatic nitrogens is 1. The van der Waals surface area contributed by atoms with Gasteiger partial charge in [0.1, 0.15) is 16.6 Å². The number of benzene rings is 1. The Bertz CT molecular complexity index is 484. The summed E-state index contributed by atoms with van der Waals surface area (Å²) in [5, 5.41) is 4.29. The van der Waals surface area contributed by atoms with Crippen molar-refractivity contribution in [2.75, 3.05) is 24.7 Å². The minimum atomic E-state index is 0.568. The summed E-state index contributed by atoms with van der Waals surface area (Å²) in [6.45, 7) is 0.856. The van der Waals surface area contributed by atoms with Gasteiger partial charge >= 0.3 is 0 Å². The van der Waals surface area contributed by atoms with Crippen LogP contribution in [0.1, 0.15) is 5.56 Å². The molecule has 0 aliphatic carbocycles. The van der Waals surface area contributed by atoms with Crippen molar-refractivity contribution in [2.45, 2.75) is 6.42 Å². The molecular formula is C12H15N3OS. The van der Waals surface area contributed by atoms with Crippen molar-refractivity contribution in [2.24, 2.45) is 0 Å². The van der Waals surface area contributed by atoms with Gasteiger partial charge in [-0.05, 0) is 35.6 Å². The number of ether oxygens (including phenoxy) is 1. The van der Waals surface area contributed by atoms with E-state index in [0.717, 1.165) is 23.7 Å². The quantitative estimate of drug-likeness (QED) is 0.854. The van der Waals surface area contributed by atoms with Crippen LogP contribution in [0.4, 0.5) is 10.8 Å². The number of nitrogens with one attached hydrogen (secondary N) is 1. The number of nitrogen functional groups attached to an aromatic ring is 1. The van der Waals surface area contributed by atoms with Crippen LogP contribution < -0.4 is 15.8 Å². The fourth-order valence-electron chi connectivity index (χ4n) is 1.53. The van der Waals surface area contributed by atoms with Gasteiger partial charge in [0.2, 0.25) is 0 Å². The summed E-state index contributed by atoms with van der Waals surface area (Å²) in [5.74, 6) is 1.46. The fraction of sp³-hybridized carbons (Fsp3) is 0.250. The molecular weight excluding hydrogens is 234 g/mol. The second-order valence-electron chi connectivity index (χ2n) is 3.64. The summed E-state index contributed by atoms with van der Waals surface area (Å²) in [5.41, 5.74) is 6.79. The van der Waals surface area contributed by atoms with E-state index in [-0.39, 0.29) is 0 Å². The first-order valence-electron chi connectivity index (χ1n) is 5.37. The Kier molecular flexibility index (Phi) is 3.82. The van der Waals surface area contributed by atoms with Crippen molar-refractivity contribution >= 4 is 22.4 Å². The minimum absolute atomic E-state index is 0.568. The first kappa shape index (κ1) is 11.7. The van der Waals surface area contributed by atoms with Gasteiger partial charge < -0.3 is 15.8 Å². The van der Waals surface area contributed by atoms with Gasteiger partial charge in [-0.25, -0.2) is 0 Å². The van der Waals surface area contributed by atoms with Gasteiger partial charge in [-0.15, -0.1) is 0 Å². The van der Waals surface area contributed by atoms with E-state index in [1.807, 2.05) is 24.3 Å². The zero-order valence-corrected chi connectivity index (χ0v) is 10.5. The van der Waals surface area contributed by atoms with Crippen LogP contribution in [0, 0.1) is 0 Å². The van der Waals surface area contributed by atoms with E-state index in [9.17, 15) is 0 Å². The average Bonchev–Trinajstić information content (AvgIpc) is 2.75. The Morgan fingerprint density at radius 2 is 2.29 bits per heavy atom. The van der Waals surface area contributed by atoms with E-state index in [0.29, 0.717) is 5.82 Å². The van der Waals surface area contributed by atoms with E-state index in [1.165, 1.54) is 17.1 Å². The molecule has 1 heterocycles. The lowest BCUT2D eigenvalue weighted by Gasteiger charge is -2.05. The molecule has 0 saturated heterocycles. The number of hydrogen-bond acceptors (Lipinski definition) is 5. The summed E-state index contributed by atoms with van der Waals surface area (Å²) in [4.78, 5) is 0. The highest BCUT2D eigenvalue weighted by Crippen LogP contribution is 2.18. The number of anilines is 2. The van der Waals surface area contributed by atoms with Crippen LogP contribution in [-0.2, 0) is 6.42 Å². The molecule has 0 amide bonds. The fourth-order valence-corrected chi connectivity index (χ4v) is 2.13. The summed E-state index contributed by atoms with van der Waals surface area (Å²) in [7, 11) is 1.68. The minimum Gasteiger partial charge on any atom is -0.497 e. The van der Waals surface area contributed by atoms with Crippen molar-refractivity contribution in [1.82, 2.24) is 4.37 Å². The van der Waals surface area contributed by atoms with E-state index < -0.39 is 0 Å². The van der Waals surface area contributed by atoms with Gasteiger partial charge in [0, 0.05) is 12.6 Å². The van der Waals surface area contributed by atoms with E-state index in [1.54, 1.807) is 7.11 Å². The summed E-state index contributed by atoms with van der Waals surface area (Å²) in [6.07, 6.45) is 0.939. The van der Waals surface area contributed by atoms with Crippen molar-refractivity contribution in [3.05, 3.63) is 35.9 Å². The normalized spacial score (nSPS) is 10.2. The maximum absolute atomic E-state index is 5.54. The number of nitrogens with zero attached hydrogens (tertiary/aromatic N) is 1. The SMILES string of the molecule is COc1cccc(CCNc2cc(N)ns2)c1. The molecule has 1 aromatic heterocycles. The first-order chi connectivity index (χ1) is 8.28. The number of hydrogen-bond donors (Lipinski definition) is 2. The van der Waals surface area contributed by atoms with Crippen LogP contribution in [0.5, 0.6) is 5.75 Å². The lowest BCUT2D eigenvalue weighted by molar-refractivity contribution is 0.414. The highest BCUT2D eigenvalue weighted by Gasteiger charge is 1.99. The molecule has 90 valence electrons. The molecule has 0 atom stereocenters. The Hall–Kier alpha value is -1.75. The van der Waals surface area contributed by atoms with Crippen LogP contribution in [0.15, 0.2) is 30.3 Å². The molecule has 2 rings (SSSR count). The van der Waals surface area contributed by atoms with Crippen molar-refractivity contribution < 1.29 is 4.74 Å². The third-order valence-corrected chi connectivity index (χ3v) is 3.14. The predicted molar refractivity (Wildman–Crippen MR) is 71.7 cm³/mol. The van der Waals surface area contributed by atoms with Crippen LogP contribution >= 0.6 is 11.5 Å². The zero-order valence-electron chi connectivity index (χ0n) is 9.64. The summed E-state index contributed by atoms with van der Waals surface area (Å²) < 4.78 is 9.18. The van der Waals surface area contributed by atoms with E-state index in [4.69, 9.17) is 10.5 Å². The Morgan fingerprint density at radius 3 is 3.00 bits per heavy atom. The van der Waals surface area contributed by atoms with Crippen molar-refractivity contribution in [1.29, 1.82) is 0 Å². The molecule has 4 nitrogen and oxygen atoms in total. The Labute approximate surface area is 105 Å². The van der Waals surface area contributed by atoms with Crippen LogP contribution in [0.3, 0.4) is 0 Å². The molecule has 0 spiro atoms. The lowest BCUT2D eigenvalue weighted by Crippen LogP contribution is -2.03. The largest absolute Gasteiger partial charge is 0.497 e. The third kappa shape index (κ3) is 3.35. The van der Waals surface area contributed by atoms with Crippen LogP contribution in [0.25, 0.3) is 0 Å². The van der Waals surface area contributed by atoms with E-state index >= 15 is 0 Å². The third-order valence-electron chi connectivity index (χ3n) is 2.38. The molecule has 5 heteroatoms. The zero-order chi connectivity index (χ0) is 12.1. The maximum atomic E-state index is 5.54. The molecule has 0 aliphatic heterocycles. The molecule has 0 saturated carbocycles. The van der Waals surface area contributed by atoms with Crippen molar-refractivity contribution in [3.63, 3.8) is 0 Å². The number of rotatable bonds is 5.